The molecule has 2 heterocycles. The van der Waals surface area contributed by atoms with Crippen LogP contribution >= 0.6 is 11.3 Å². The Morgan fingerprint density at radius 2 is 2.29 bits per heavy atom. The van der Waals surface area contributed by atoms with Crippen molar-refractivity contribution in [2.24, 2.45) is 0 Å². The largest absolute Gasteiger partial charge is 0.310 e. The molecule has 96 valence electrons. The molecule has 2 rings (SSSR count). The molecular formula is C12H20N2OS2. The molecule has 17 heavy (non-hydrogen) atoms. The third-order valence-electron chi connectivity index (χ3n) is 3.15. The van der Waals surface area contributed by atoms with E-state index in [0.717, 1.165) is 37.7 Å². The predicted molar refractivity (Wildman–Crippen MR) is 74.9 cm³/mol. The van der Waals surface area contributed by atoms with Crippen molar-refractivity contribution in [1.82, 2.24) is 10.2 Å². The van der Waals surface area contributed by atoms with Crippen LogP contribution in [-0.2, 0) is 17.3 Å². The molecule has 5 heteroatoms. The molecule has 1 N–H and O–H groups in total. The molecule has 0 spiro atoms. The van der Waals surface area contributed by atoms with E-state index in [1.54, 1.807) is 11.3 Å². The van der Waals surface area contributed by atoms with E-state index in [2.05, 4.69) is 34.7 Å². The Balaban J connectivity index is 1.66. The number of nitrogens with one attached hydrogen (secondary N) is 1. The lowest BCUT2D eigenvalue weighted by Gasteiger charge is -2.32. The van der Waals surface area contributed by atoms with Crippen LogP contribution in [0.3, 0.4) is 0 Å². The summed E-state index contributed by atoms with van der Waals surface area (Å²) >= 11 is 1.79. The molecule has 0 aliphatic carbocycles. The second-order valence-electron chi connectivity index (χ2n) is 4.44. The minimum absolute atomic E-state index is 0.535. The summed E-state index contributed by atoms with van der Waals surface area (Å²) in [6.07, 6.45) is 0. The first-order chi connectivity index (χ1) is 8.25. The molecular weight excluding hydrogens is 252 g/mol. The summed E-state index contributed by atoms with van der Waals surface area (Å²) in [4.78, 5) is 3.82. The molecule has 1 aromatic heterocycles. The van der Waals surface area contributed by atoms with E-state index in [1.165, 1.54) is 4.88 Å². The van der Waals surface area contributed by atoms with Crippen molar-refractivity contribution in [3.8, 4) is 0 Å². The van der Waals surface area contributed by atoms with Gasteiger partial charge in [-0.05, 0) is 18.4 Å². The lowest BCUT2D eigenvalue weighted by molar-refractivity contribution is 0.223. The maximum Gasteiger partial charge on any atom is 0.0363 e. The van der Waals surface area contributed by atoms with Gasteiger partial charge in [-0.2, -0.15) is 0 Å². The average molecular weight is 272 g/mol. The smallest absolute Gasteiger partial charge is 0.0363 e. The standard InChI is InChI=1S/C12H20N2OS2/c1-11(14-4-7-17(15)8-5-14)9-13-10-12-3-2-6-16-12/h2-3,6,11,13H,4-5,7-10H2,1H3. The van der Waals surface area contributed by atoms with Crippen molar-refractivity contribution in [2.75, 3.05) is 31.1 Å². The van der Waals surface area contributed by atoms with Gasteiger partial charge in [0, 0.05) is 59.4 Å². The lowest BCUT2D eigenvalue weighted by Crippen LogP contribution is -2.46. The summed E-state index contributed by atoms with van der Waals surface area (Å²) in [6, 6.07) is 4.78. The fraction of sp³-hybridized carbons (Fsp3) is 0.667. The van der Waals surface area contributed by atoms with Crippen molar-refractivity contribution in [3.05, 3.63) is 22.4 Å². The van der Waals surface area contributed by atoms with Crippen LogP contribution in [0.5, 0.6) is 0 Å². The van der Waals surface area contributed by atoms with Crippen molar-refractivity contribution in [3.63, 3.8) is 0 Å². The fourth-order valence-electron chi connectivity index (χ4n) is 2.04. The highest BCUT2D eigenvalue weighted by Gasteiger charge is 2.19. The Kier molecular flexibility index (Phi) is 5.16. The monoisotopic (exact) mass is 272 g/mol. The van der Waals surface area contributed by atoms with Crippen LogP contribution < -0.4 is 5.32 Å². The van der Waals surface area contributed by atoms with Crippen LogP contribution in [0.1, 0.15) is 11.8 Å². The second-order valence-corrected chi connectivity index (χ2v) is 7.17. The van der Waals surface area contributed by atoms with E-state index >= 15 is 0 Å². The molecule has 1 aliphatic heterocycles. The zero-order valence-electron chi connectivity index (χ0n) is 10.2. The highest BCUT2D eigenvalue weighted by atomic mass is 32.2. The molecule has 1 aromatic rings. The van der Waals surface area contributed by atoms with Gasteiger partial charge in [0.25, 0.3) is 0 Å². The van der Waals surface area contributed by atoms with Gasteiger partial charge < -0.3 is 5.32 Å². The van der Waals surface area contributed by atoms with Crippen LogP contribution in [0.4, 0.5) is 0 Å². The van der Waals surface area contributed by atoms with Crippen molar-refractivity contribution < 1.29 is 4.21 Å². The first-order valence-corrected chi connectivity index (χ1v) is 8.44. The first kappa shape index (κ1) is 13.2. The van der Waals surface area contributed by atoms with Gasteiger partial charge in [0.15, 0.2) is 0 Å². The summed E-state index contributed by atoms with van der Waals surface area (Å²) < 4.78 is 11.3. The zero-order valence-corrected chi connectivity index (χ0v) is 11.9. The Bertz CT molecular complexity index is 343. The molecule has 0 radical (unpaired) electrons. The number of nitrogens with zero attached hydrogens (tertiary/aromatic N) is 1. The van der Waals surface area contributed by atoms with E-state index in [4.69, 9.17) is 0 Å². The number of thiophene rings is 1. The Morgan fingerprint density at radius 1 is 1.53 bits per heavy atom. The van der Waals surface area contributed by atoms with E-state index < -0.39 is 10.8 Å². The number of hydrogen-bond donors (Lipinski definition) is 1. The highest BCUT2D eigenvalue weighted by Crippen LogP contribution is 2.08. The minimum atomic E-state index is -0.568. The zero-order chi connectivity index (χ0) is 12.1. The van der Waals surface area contributed by atoms with Crippen LogP contribution in [0.15, 0.2) is 17.5 Å². The molecule has 3 nitrogen and oxygen atoms in total. The van der Waals surface area contributed by atoms with Gasteiger partial charge in [-0.15, -0.1) is 11.3 Å². The predicted octanol–water partition coefficient (Wildman–Crippen LogP) is 1.29. The SMILES string of the molecule is CC(CNCc1cccs1)N1CCS(=O)CC1. The molecule has 0 amide bonds. The summed E-state index contributed by atoms with van der Waals surface area (Å²) in [5, 5.41) is 5.60. The van der Waals surface area contributed by atoms with Crippen molar-refractivity contribution in [2.45, 2.75) is 19.5 Å². The van der Waals surface area contributed by atoms with Crippen LogP contribution in [0.25, 0.3) is 0 Å². The fourth-order valence-corrected chi connectivity index (χ4v) is 3.79. The minimum Gasteiger partial charge on any atom is -0.310 e. The van der Waals surface area contributed by atoms with E-state index in [9.17, 15) is 4.21 Å². The van der Waals surface area contributed by atoms with E-state index in [1.807, 2.05) is 0 Å². The molecule has 0 saturated carbocycles. The van der Waals surface area contributed by atoms with Crippen LogP contribution in [0.2, 0.25) is 0 Å². The molecule has 1 atom stereocenters. The van der Waals surface area contributed by atoms with Gasteiger partial charge in [0.1, 0.15) is 0 Å². The average Bonchev–Trinajstić information content (AvgIpc) is 2.83. The molecule has 0 aromatic carbocycles. The first-order valence-electron chi connectivity index (χ1n) is 6.08. The third kappa shape index (κ3) is 4.17. The van der Waals surface area contributed by atoms with Gasteiger partial charge in [0.2, 0.25) is 0 Å². The third-order valence-corrected chi connectivity index (χ3v) is 5.31. The number of hydrogen-bond acceptors (Lipinski definition) is 4. The molecule has 1 fully saturated rings. The Morgan fingerprint density at radius 3 is 2.94 bits per heavy atom. The van der Waals surface area contributed by atoms with Crippen molar-refractivity contribution in [1.29, 1.82) is 0 Å². The van der Waals surface area contributed by atoms with Crippen LogP contribution in [0, 0.1) is 0 Å². The highest BCUT2D eigenvalue weighted by molar-refractivity contribution is 7.85. The van der Waals surface area contributed by atoms with E-state index in [-0.39, 0.29) is 0 Å². The summed E-state index contributed by atoms with van der Waals surface area (Å²) in [6.45, 7) is 6.17. The maximum absolute atomic E-state index is 11.3. The summed E-state index contributed by atoms with van der Waals surface area (Å²) in [5.74, 6) is 1.69. The number of rotatable bonds is 5. The maximum atomic E-state index is 11.3. The summed E-state index contributed by atoms with van der Waals surface area (Å²) in [5.41, 5.74) is 0. The molecule has 0 bridgehead atoms. The summed E-state index contributed by atoms with van der Waals surface area (Å²) in [7, 11) is -0.568. The normalized spacial score (nSPS) is 20.5. The van der Waals surface area contributed by atoms with Gasteiger partial charge >= 0.3 is 0 Å². The van der Waals surface area contributed by atoms with Gasteiger partial charge in [-0.25, -0.2) is 0 Å². The Hall–Kier alpha value is -0.230. The van der Waals surface area contributed by atoms with Gasteiger partial charge in [-0.3, -0.25) is 9.11 Å². The van der Waals surface area contributed by atoms with Crippen molar-refractivity contribution >= 4 is 22.1 Å². The molecule has 1 aliphatic rings. The molecule has 1 saturated heterocycles. The lowest BCUT2D eigenvalue weighted by atomic mass is 10.2. The quantitative estimate of drug-likeness (QED) is 0.877. The van der Waals surface area contributed by atoms with Crippen LogP contribution in [-0.4, -0.2) is 46.3 Å². The topological polar surface area (TPSA) is 32.3 Å². The van der Waals surface area contributed by atoms with E-state index in [0.29, 0.717) is 6.04 Å². The second kappa shape index (κ2) is 6.64. The van der Waals surface area contributed by atoms with Gasteiger partial charge in [-0.1, -0.05) is 6.07 Å². The van der Waals surface area contributed by atoms with Gasteiger partial charge in [0.05, 0.1) is 0 Å². The Labute approximate surface area is 110 Å². The molecule has 1 unspecified atom stereocenters.